The minimum Gasteiger partial charge on any atom is -0.507 e. The van der Waals surface area contributed by atoms with E-state index in [4.69, 9.17) is 9.47 Å². The predicted octanol–water partition coefficient (Wildman–Crippen LogP) is 6.76. The van der Waals surface area contributed by atoms with Crippen molar-refractivity contribution in [1.29, 1.82) is 0 Å². The van der Waals surface area contributed by atoms with Gasteiger partial charge in [0.2, 0.25) is 0 Å². The maximum absolute atomic E-state index is 13.1. The number of hydrogen-bond acceptors (Lipinski definition) is 3. The van der Waals surface area contributed by atoms with E-state index >= 15 is 0 Å². The molecule has 0 saturated carbocycles. The number of halogens is 2. The van der Waals surface area contributed by atoms with Crippen LogP contribution in [0.4, 0.5) is 4.39 Å². The summed E-state index contributed by atoms with van der Waals surface area (Å²) in [6, 6.07) is 17.4. The molecule has 1 N–H and O–H groups in total. The second-order valence-corrected chi connectivity index (χ2v) is 7.57. The van der Waals surface area contributed by atoms with Crippen molar-refractivity contribution < 1.29 is 19.0 Å². The van der Waals surface area contributed by atoms with Gasteiger partial charge in [-0.3, -0.25) is 0 Å². The molecule has 0 aliphatic carbocycles. The Kier molecular flexibility index (Phi) is 7.53. The van der Waals surface area contributed by atoms with Gasteiger partial charge in [0.25, 0.3) is 0 Å². The van der Waals surface area contributed by atoms with E-state index in [1.165, 1.54) is 17.7 Å². The number of benzene rings is 3. The van der Waals surface area contributed by atoms with Crippen molar-refractivity contribution in [3.05, 3.63) is 76.5 Å². The SMILES string of the molecule is CCCc1ccccc1OCCCOc1cc(O)c(-c2ccc(F)cc2)cc1Br. The lowest BCUT2D eigenvalue weighted by Crippen LogP contribution is -2.06. The van der Waals surface area contributed by atoms with Crippen LogP contribution in [0.2, 0.25) is 0 Å². The van der Waals surface area contributed by atoms with Gasteiger partial charge in [0.15, 0.2) is 0 Å². The van der Waals surface area contributed by atoms with Crippen molar-refractivity contribution in [1.82, 2.24) is 0 Å². The van der Waals surface area contributed by atoms with Crippen LogP contribution in [0.3, 0.4) is 0 Å². The number of hydrogen-bond donors (Lipinski definition) is 1. The minimum atomic E-state index is -0.313. The van der Waals surface area contributed by atoms with Gasteiger partial charge in [-0.05, 0) is 57.7 Å². The van der Waals surface area contributed by atoms with Crippen molar-refractivity contribution in [3.63, 3.8) is 0 Å². The number of phenolic OH excluding ortho intramolecular Hbond substituents is 1. The van der Waals surface area contributed by atoms with Crippen LogP contribution in [0.5, 0.6) is 17.2 Å². The summed E-state index contributed by atoms with van der Waals surface area (Å²) >= 11 is 3.48. The first-order valence-electron chi connectivity index (χ1n) is 9.70. The van der Waals surface area contributed by atoms with Gasteiger partial charge in [0.05, 0.1) is 17.7 Å². The molecule has 3 nitrogen and oxygen atoms in total. The zero-order valence-corrected chi connectivity index (χ0v) is 17.9. The van der Waals surface area contributed by atoms with Crippen LogP contribution in [0, 0.1) is 5.82 Å². The van der Waals surface area contributed by atoms with E-state index in [9.17, 15) is 9.50 Å². The van der Waals surface area contributed by atoms with Gasteiger partial charge in [-0.25, -0.2) is 4.39 Å². The molecule has 0 saturated heterocycles. The molecular formula is C24H24BrFO3. The molecule has 3 aromatic carbocycles. The molecule has 0 aromatic heterocycles. The van der Waals surface area contributed by atoms with E-state index in [0.29, 0.717) is 30.9 Å². The van der Waals surface area contributed by atoms with Crippen LogP contribution in [0.1, 0.15) is 25.3 Å². The van der Waals surface area contributed by atoms with Gasteiger partial charge in [-0.2, -0.15) is 0 Å². The summed E-state index contributed by atoms with van der Waals surface area (Å²) in [6.07, 6.45) is 2.79. The molecule has 0 unspecified atom stereocenters. The zero-order valence-electron chi connectivity index (χ0n) is 16.3. The van der Waals surface area contributed by atoms with Gasteiger partial charge in [0.1, 0.15) is 23.1 Å². The molecule has 0 heterocycles. The van der Waals surface area contributed by atoms with Crippen molar-refractivity contribution in [3.8, 4) is 28.4 Å². The van der Waals surface area contributed by atoms with Crippen LogP contribution in [0.25, 0.3) is 11.1 Å². The third-order valence-corrected chi connectivity index (χ3v) is 5.12. The van der Waals surface area contributed by atoms with Crippen LogP contribution < -0.4 is 9.47 Å². The van der Waals surface area contributed by atoms with Gasteiger partial charge < -0.3 is 14.6 Å². The first-order valence-corrected chi connectivity index (χ1v) is 10.5. The third-order valence-electron chi connectivity index (χ3n) is 4.50. The van der Waals surface area contributed by atoms with Gasteiger partial charge in [-0.15, -0.1) is 0 Å². The average Bonchev–Trinajstić information content (AvgIpc) is 2.72. The van der Waals surface area contributed by atoms with Gasteiger partial charge >= 0.3 is 0 Å². The van der Waals surface area contributed by atoms with E-state index in [1.807, 2.05) is 18.2 Å². The molecular weight excluding hydrogens is 435 g/mol. The highest BCUT2D eigenvalue weighted by Crippen LogP contribution is 2.38. The molecule has 0 aliphatic rings. The fourth-order valence-electron chi connectivity index (χ4n) is 3.06. The Labute approximate surface area is 179 Å². The number of rotatable bonds is 9. The first kappa shape index (κ1) is 21.2. The number of phenols is 1. The van der Waals surface area contributed by atoms with Crippen molar-refractivity contribution in [2.24, 2.45) is 0 Å². The predicted molar refractivity (Wildman–Crippen MR) is 117 cm³/mol. The van der Waals surface area contributed by atoms with Crippen molar-refractivity contribution in [2.75, 3.05) is 13.2 Å². The minimum absolute atomic E-state index is 0.0829. The summed E-state index contributed by atoms with van der Waals surface area (Å²) in [5.74, 6) is 1.25. The van der Waals surface area contributed by atoms with E-state index in [-0.39, 0.29) is 11.6 Å². The Morgan fingerprint density at radius 2 is 1.62 bits per heavy atom. The molecule has 0 spiro atoms. The largest absolute Gasteiger partial charge is 0.507 e. The Morgan fingerprint density at radius 1 is 0.931 bits per heavy atom. The summed E-state index contributed by atoms with van der Waals surface area (Å²) in [5.41, 5.74) is 2.57. The Morgan fingerprint density at radius 3 is 2.34 bits per heavy atom. The Hall–Kier alpha value is -2.53. The molecule has 152 valence electrons. The summed E-state index contributed by atoms with van der Waals surface area (Å²) in [4.78, 5) is 0. The highest BCUT2D eigenvalue weighted by atomic mass is 79.9. The topological polar surface area (TPSA) is 38.7 Å². The number of para-hydroxylation sites is 1. The quantitative estimate of drug-likeness (QED) is 0.360. The van der Waals surface area contributed by atoms with E-state index < -0.39 is 0 Å². The number of ether oxygens (including phenoxy) is 2. The molecule has 0 radical (unpaired) electrons. The van der Waals surface area contributed by atoms with E-state index in [0.717, 1.165) is 28.6 Å². The Bertz CT molecular complexity index is 941. The van der Waals surface area contributed by atoms with Crippen molar-refractivity contribution >= 4 is 15.9 Å². The maximum atomic E-state index is 13.1. The normalized spacial score (nSPS) is 10.7. The molecule has 0 amide bonds. The molecule has 0 aliphatic heterocycles. The van der Waals surface area contributed by atoms with E-state index in [2.05, 4.69) is 28.9 Å². The summed E-state index contributed by atoms with van der Waals surface area (Å²) < 4.78 is 25.5. The van der Waals surface area contributed by atoms with Crippen LogP contribution in [-0.4, -0.2) is 18.3 Å². The smallest absolute Gasteiger partial charge is 0.137 e. The average molecular weight is 459 g/mol. The van der Waals surface area contributed by atoms with Gasteiger partial charge in [0, 0.05) is 18.1 Å². The van der Waals surface area contributed by atoms with Crippen molar-refractivity contribution in [2.45, 2.75) is 26.2 Å². The van der Waals surface area contributed by atoms with Crippen LogP contribution in [-0.2, 0) is 6.42 Å². The van der Waals surface area contributed by atoms with Gasteiger partial charge in [-0.1, -0.05) is 43.7 Å². The molecule has 29 heavy (non-hydrogen) atoms. The lowest BCUT2D eigenvalue weighted by molar-refractivity contribution is 0.245. The first-order chi connectivity index (χ1) is 14.1. The monoisotopic (exact) mass is 458 g/mol. The lowest BCUT2D eigenvalue weighted by Gasteiger charge is -2.13. The second kappa shape index (κ2) is 10.3. The summed E-state index contributed by atoms with van der Waals surface area (Å²) in [5, 5.41) is 10.4. The van der Waals surface area contributed by atoms with Crippen LogP contribution >= 0.6 is 15.9 Å². The molecule has 0 atom stereocenters. The summed E-state index contributed by atoms with van der Waals surface area (Å²) in [6.45, 7) is 3.17. The molecule has 0 bridgehead atoms. The number of aryl methyl sites for hydroxylation is 1. The zero-order chi connectivity index (χ0) is 20.6. The van der Waals surface area contributed by atoms with Crippen LogP contribution in [0.15, 0.2) is 65.1 Å². The fraction of sp³-hybridized carbons (Fsp3) is 0.250. The molecule has 5 heteroatoms. The highest BCUT2D eigenvalue weighted by Gasteiger charge is 2.11. The van der Waals surface area contributed by atoms with E-state index in [1.54, 1.807) is 24.3 Å². The highest BCUT2D eigenvalue weighted by molar-refractivity contribution is 9.10. The second-order valence-electron chi connectivity index (χ2n) is 6.71. The third kappa shape index (κ3) is 5.73. The standard InChI is InChI=1S/C24H24BrFO3/c1-2-6-18-7-3-4-8-23(18)28-13-5-14-29-24-16-22(27)20(15-21(24)25)17-9-11-19(26)12-10-17/h3-4,7-12,15-16,27H,2,5-6,13-14H2,1H3. The Balaban J connectivity index is 1.55. The lowest BCUT2D eigenvalue weighted by atomic mass is 10.0. The maximum Gasteiger partial charge on any atom is 0.137 e. The summed E-state index contributed by atoms with van der Waals surface area (Å²) in [7, 11) is 0. The molecule has 3 aromatic rings. The molecule has 3 rings (SSSR count). The fourth-order valence-corrected chi connectivity index (χ4v) is 3.52. The molecule has 0 fully saturated rings. The number of aromatic hydroxyl groups is 1.